The van der Waals surface area contributed by atoms with E-state index in [1.807, 2.05) is 123 Å². The van der Waals surface area contributed by atoms with E-state index in [1.165, 1.54) is 0 Å². The maximum Gasteiger partial charge on any atom is 0.243 e. The third-order valence-corrected chi connectivity index (χ3v) is 11.8. The first-order valence-electron chi connectivity index (χ1n) is 18.1. The van der Waals surface area contributed by atoms with Gasteiger partial charge in [0.15, 0.2) is 6.29 Å². The average Bonchev–Trinajstić information content (AvgIpc) is 3.22. The fourth-order valence-corrected chi connectivity index (χ4v) is 8.32. The first-order valence-corrected chi connectivity index (χ1v) is 19.6. The first-order chi connectivity index (χ1) is 26.2. The molecule has 1 aliphatic heterocycles. The van der Waals surface area contributed by atoms with Gasteiger partial charge >= 0.3 is 0 Å². The van der Waals surface area contributed by atoms with Crippen molar-refractivity contribution >= 4 is 20.9 Å². The molecular formula is C44H45N3O6S. The van der Waals surface area contributed by atoms with E-state index in [1.54, 1.807) is 24.4 Å². The van der Waals surface area contributed by atoms with Crippen LogP contribution in [-0.4, -0.2) is 54.3 Å². The van der Waals surface area contributed by atoms with E-state index >= 15 is 0 Å². The molecule has 1 saturated heterocycles. The van der Waals surface area contributed by atoms with Gasteiger partial charge < -0.3 is 19.7 Å². The molecule has 0 amide bonds. The fourth-order valence-electron chi connectivity index (χ4n) is 7.13. The van der Waals surface area contributed by atoms with Crippen LogP contribution in [0.4, 0.5) is 0 Å². The highest BCUT2D eigenvalue weighted by Crippen LogP contribution is 2.47. The molecule has 6 aromatic rings. The zero-order chi connectivity index (χ0) is 37.7. The number of ether oxygens (including phenoxy) is 2. The predicted molar refractivity (Wildman–Crippen MR) is 209 cm³/mol. The van der Waals surface area contributed by atoms with Gasteiger partial charge in [0.25, 0.3) is 0 Å². The van der Waals surface area contributed by atoms with Crippen molar-refractivity contribution in [2.75, 3.05) is 13.6 Å². The van der Waals surface area contributed by atoms with Crippen molar-refractivity contribution in [2.45, 2.75) is 61.5 Å². The van der Waals surface area contributed by atoms with Gasteiger partial charge in [0, 0.05) is 42.2 Å². The minimum absolute atomic E-state index is 0.0595. The smallest absolute Gasteiger partial charge is 0.243 e. The van der Waals surface area contributed by atoms with E-state index in [0.29, 0.717) is 12.1 Å². The Morgan fingerprint density at radius 3 is 2.11 bits per heavy atom. The van der Waals surface area contributed by atoms with E-state index < -0.39 is 28.5 Å². The number of nitrogens with one attached hydrogen (secondary N) is 1. The number of aromatic nitrogens is 1. The summed E-state index contributed by atoms with van der Waals surface area (Å²) in [6, 6.07) is 43.8. The van der Waals surface area contributed by atoms with E-state index in [-0.39, 0.29) is 36.1 Å². The summed E-state index contributed by atoms with van der Waals surface area (Å²) in [4.78, 5) is 6.57. The van der Waals surface area contributed by atoms with Gasteiger partial charge in [0.2, 0.25) is 10.0 Å². The minimum Gasteiger partial charge on any atom is -0.392 e. The number of pyridine rings is 1. The second-order valence-corrected chi connectivity index (χ2v) is 15.6. The second kappa shape index (κ2) is 16.7. The predicted octanol–water partition coefficient (Wildman–Crippen LogP) is 7.20. The van der Waals surface area contributed by atoms with E-state index in [4.69, 9.17) is 9.47 Å². The fraction of sp³-hybridized carbons (Fsp3) is 0.250. The lowest BCUT2D eigenvalue weighted by Gasteiger charge is -2.45. The monoisotopic (exact) mass is 743 g/mol. The third kappa shape index (κ3) is 8.30. The molecule has 0 radical (unpaired) electrons. The van der Waals surface area contributed by atoms with Crippen LogP contribution >= 0.6 is 0 Å². The summed E-state index contributed by atoms with van der Waals surface area (Å²) in [5.41, 5.74) is 5.65. The molecule has 7 rings (SSSR count). The molecule has 0 aliphatic carbocycles. The quantitative estimate of drug-likeness (QED) is 0.114. The molecule has 9 nitrogen and oxygen atoms in total. The van der Waals surface area contributed by atoms with Crippen LogP contribution < -0.4 is 4.72 Å². The summed E-state index contributed by atoms with van der Waals surface area (Å²) in [7, 11) is -1.84. The lowest BCUT2D eigenvalue weighted by Crippen LogP contribution is -2.46. The molecule has 0 saturated carbocycles. The molecule has 1 aliphatic rings. The first kappa shape index (κ1) is 37.5. The summed E-state index contributed by atoms with van der Waals surface area (Å²) in [6.45, 7) is 2.54. The Morgan fingerprint density at radius 1 is 0.759 bits per heavy atom. The Kier molecular flexibility index (Phi) is 11.6. The highest BCUT2D eigenvalue weighted by Gasteiger charge is 2.43. The van der Waals surface area contributed by atoms with Crippen molar-refractivity contribution in [2.24, 2.45) is 0 Å². The normalized spacial score (nSPS) is 20.2. The third-order valence-electron chi connectivity index (χ3n) is 10.3. The maximum absolute atomic E-state index is 13.4. The number of rotatable bonds is 13. The lowest BCUT2D eigenvalue weighted by molar-refractivity contribution is -0.264. The van der Waals surface area contributed by atoms with E-state index in [2.05, 4.69) is 26.7 Å². The number of para-hydroxylation sites is 1. The number of nitrogens with zero attached hydrogens (tertiary/aromatic N) is 2. The number of likely N-dealkylation sites (N-methyl/N-ethyl adjacent to an activating group) is 1. The zero-order valence-corrected chi connectivity index (χ0v) is 31.1. The molecule has 2 heterocycles. The van der Waals surface area contributed by atoms with Crippen molar-refractivity contribution < 1.29 is 28.1 Å². The van der Waals surface area contributed by atoms with E-state index in [9.17, 15) is 18.6 Å². The van der Waals surface area contributed by atoms with Gasteiger partial charge in [-0.05, 0) is 53.9 Å². The second-order valence-electron chi connectivity index (χ2n) is 13.8. The highest BCUT2D eigenvalue weighted by atomic mass is 32.2. The Morgan fingerprint density at radius 2 is 1.41 bits per heavy atom. The number of hydrogen-bond acceptors (Lipinski definition) is 8. The SMILES string of the molecule is C[C@@H]([C@H](O)c1ccccc1)N(C)C[C@H]1OC(c2ccc(CNS(=O)(=O)c3cccc4cccnc34)cc2)O[C@@H](c2ccc(CO)cc2)[C@@H]1c1ccccc1. The number of aliphatic hydroxyl groups excluding tert-OH is 2. The molecule has 1 aromatic heterocycles. The van der Waals surface area contributed by atoms with Gasteiger partial charge in [0.05, 0.1) is 30.4 Å². The molecule has 6 atom stereocenters. The molecule has 10 heteroatoms. The summed E-state index contributed by atoms with van der Waals surface area (Å²) >= 11 is 0. The molecular weight excluding hydrogens is 699 g/mol. The molecule has 1 fully saturated rings. The van der Waals surface area contributed by atoms with Crippen molar-refractivity contribution in [3.05, 3.63) is 179 Å². The van der Waals surface area contributed by atoms with Crippen LogP contribution in [0.25, 0.3) is 10.9 Å². The van der Waals surface area contributed by atoms with Crippen LogP contribution in [0.5, 0.6) is 0 Å². The van der Waals surface area contributed by atoms with Crippen molar-refractivity contribution in [3.63, 3.8) is 0 Å². The molecule has 0 spiro atoms. The Balaban J connectivity index is 1.16. The Hall–Kier alpha value is -4.78. The van der Waals surface area contributed by atoms with Gasteiger partial charge in [-0.3, -0.25) is 9.88 Å². The van der Waals surface area contributed by atoms with Gasteiger partial charge in [0.1, 0.15) is 4.90 Å². The molecule has 5 aromatic carbocycles. The Bertz CT molecular complexity index is 2230. The number of hydrogen-bond donors (Lipinski definition) is 3. The van der Waals surface area contributed by atoms with Crippen LogP contribution in [0, 0.1) is 0 Å². The van der Waals surface area contributed by atoms with Crippen LogP contribution in [0.3, 0.4) is 0 Å². The maximum atomic E-state index is 13.4. The highest BCUT2D eigenvalue weighted by molar-refractivity contribution is 7.89. The number of fused-ring (bicyclic) bond motifs is 1. The number of aliphatic hydroxyl groups is 2. The zero-order valence-electron chi connectivity index (χ0n) is 30.3. The van der Waals surface area contributed by atoms with Crippen LogP contribution in [0.1, 0.15) is 64.7 Å². The summed E-state index contributed by atoms with van der Waals surface area (Å²) in [5.74, 6) is -0.205. The summed E-state index contributed by atoms with van der Waals surface area (Å²) in [6.07, 6.45) is -0.625. The largest absolute Gasteiger partial charge is 0.392 e. The molecule has 0 bridgehead atoms. The average molecular weight is 744 g/mol. The summed E-state index contributed by atoms with van der Waals surface area (Å²) < 4.78 is 43.2. The van der Waals surface area contributed by atoms with Gasteiger partial charge in [-0.1, -0.05) is 127 Å². The van der Waals surface area contributed by atoms with Crippen LogP contribution in [-0.2, 0) is 32.6 Å². The van der Waals surface area contributed by atoms with Gasteiger partial charge in [-0.15, -0.1) is 0 Å². The van der Waals surface area contributed by atoms with Crippen molar-refractivity contribution in [1.29, 1.82) is 0 Å². The van der Waals surface area contributed by atoms with E-state index in [0.717, 1.165) is 38.8 Å². The number of sulfonamides is 1. The van der Waals surface area contributed by atoms with Crippen LogP contribution in [0.15, 0.2) is 151 Å². The molecule has 54 heavy (non-hydrogen) atoms. The van der Waals surface area contributed by atoms with Gasteiger partial charge in [-0.2, -0.15) is 0 Å². The van der Waals surface area contributed by atoms with Crippen molar-refractivity contribution in [1.82, 2.24) is 14.6 Å². The van der Waals surface area contributed by atoms with Gasteiger partial charge in [-0.25, -0.2) is 13.1 Å². The molecule has 3 N–H and O–H groups in total. The summed E-state index contributed by atoms with van der Waals surface area (Å²) in [5, 5.41) is 21.9. The Labute approximate surface area is 316 Å². The van der Waals surface area contributed by atoms with Crippen molar-refractivity contribution in [3.8, 4) is 0 Å². The standard InChI is InChI=1S/C44H45N3O6S/c1-30(42(49)35-13-7-4-8-14-35)47(2)28-38-40(33-11-5-3-6-12-33)43(36-22-20-32(29-48)21-23-36)53-44(52-38)37-24-18-31(19-25-37)27-46-54(50,51)39-17-9-15-34-16-10-26-45-41(34)39/h3-26,30,38,40,42-44,46,48-49H,27-29H2,1-2H3/t30-,38+,40+,42-,43-,44?/m0/s1. The lowest BCUT2D eigenvalue weighted by atomic mass is 9.83. The minimum atomic E-state index is -3.84. The molecule has 1 unspecified atom stereocenters. The number of benzene rings is 5. The topological polar surface area (TPSA) is 121 Å². The van der Waals surface area contributed by atoms with Crippen LogP contribution in [0.2, 0.25) is 0 Å². The molecule has 278 valence electrons.